The molecule has 1 N–H and O–H groups in total. The Morgan fingerprint density at radius 1 is 1.19 bits per heavy atom. The van der Waals surface area contributed by atoms with Gasteiger partial charge in [0.2, 0.25) is 0 Å². The quantitative estimate of drug-likeness (QED) is 0.879. The SMILES string of the molecule is Cc1noc(C)c1CN1CCC2(CCc3c2nc(C(C)(C)C)[nH]c3=O)CC1. The number of hydrogen-bond acceptors (Lipinski definition) is 5. The molecule has 0 unspecified atom stereocenters. The molecule has 4 rings (SSSR count). The van der Waals surface area contributed by atoms with Gasteiger partial charge in [-0.25, -0.2) is 4.98 Å². The fourth-order valence-electron chi connectivity index (χ4n) is 4.58. The molecule has 1 saturated heterocycles. The fraction of sp³-hybridized carbons (Fsp3) is 0.667. The van der Waals surface area contributed by atoms with Gasteiger partial charge < -0.3 is 9.51 Å². The monoisotopic (exact) mass is 370 g/mol. The highest BCUT2D eigenvalue weighted by Gasteiger charge is 2.44. The van der Waals surface area contributed by atoms with Crippen molar-refractivity contribution in [1.82, 2.24) is 20.0 Å². The summed E-state index contributed by atoms with van der Waals surface area (Å²) in [5.41, 5.74) is 4.18. The lowest BCUT2D eigenvalue weighted by molar-refractivity contribution is 0.149. The normalized spacial score (nSPS) is 19.6. The first-order valence-electron chi connectivity index (χ1n) is 9.98. The lowest BCUT2D eigenvalue weighted by Crippen LogP contribution is -2.42. The van der Waals surface area contributed by atoms with Crippen LogP contribution in [0.15, 0.2) is 9.32 Å². The van der Waals surface area contributed by atoms with Crippen LogP contribution in [0.2, 0.25) is 0 Å². The summed E-state index contributed by atoms with van der Waals surface area (Å²) >= 11 is 0. The van der Waals surface area contributed by atoms with Crippen LogP contribution >= 0.6 is 0 Å². The molecular weight excluding hydrogens is 340 g/mol. The number of fused-ring (bicyclic) bond motifs is 2. The van der Waals surface area contributed by atoms with Crippen LogP contribution in [0.25, 0.3) is 0 Å². The van der Waals surface area contributed by atoms with Crippen LogP contribution in [-0.2, 0) is 23.8 Å². The van der Waals surface area contributed by atoms with E-state index < -0.39 is 0 Å². The third-order valence-corrected chi connectivity index (χ3v) is 6.46. The van der Waals surface area contributed by atoms with Crippen LogP contribution in [0.3, 0.4) is 0 Å². The van der Waals surface area contributed by atoms with Gasteiger partial charge in [0.1, 0.15) is 11.6 Å². The van der Waals surface area contributed by atoms with Crippen molar-refractivity contribution in [2.45, 2.75) is 77.7 Å². The fourth-order valence-corrected chi connectivity index (χ4v) is 4.58. The predicted octanol–water partition coefficient (Wildman–Crippen LogP) is 3.15. The van der Waals surface area contributed by atoms with E-state index in [2.05, 4.69) is 35.8 Å². The molecule has 2 aliphatic rings. The van der Waals surface area contributed by atoms with E-state index >= 15 is 0 Å². The van der Waals surface area contributed by atoms with Crippen molar-refractivity contribution >= 4 is 0 Å². The first kappa shape index (κ1) is 18.4. The molecular formula is C21H30N4O2. The second-order valence-corrected chi connectivity index (χ2v) is 9.35. The number of aromatic amines is 1. The lowest BCUT2D eigenvalue weighted by atomic mass is 9.76. The van der Waals surface area contributed by atoms with E-state index in [4.69, 9.17) is 9.51 Å². The number of aromatic nitrogens is 3. The zero-order chi connectivity index (χ0) is 19.4. The molecule has 2 aromatic heterocycles. The molecule has 6 nitrogen and oxygen atoms in total. The maximum absolute atomic E-state index is 12.6. The highest BCUT2D eigenvalue weighted by molar-refractivity contribution is 5.34. The van der Waals surface area contributed by atoms with Gasteiger partial charge in [0.25, 0.3) is 5.56 Å². The highest BCUT2D eigenvalue weighted by atomic mass is 16.5. The van der Waals surface area contributed by atoms with E-state index in [0.29, 0.717) is 0 Å². The standard InChI is InChI=1S/C21H30N4O2/c1-13-16(14(2)27-24-13)12-25-10-8-21(9-11-25)7-6-15-17(21)22-19(20(3,4)5)23-18(15)26/h6-12H2,1-5H3,(H,22,23,26). The highest BCUT2D eigenvalue weighted by Crippen LogP contribution is 2.44. The summed E-state index contributed by atoms with van der Waals surface area (Å²) < 4.78 is 5.31. The topological polar surface area (TPSA) is 75.0 Å². The molecule has 0 atom stereocenters. The second-order valence-electron chi connectivity index (χ2n) is 9.35. The smallest absolute Gasteiger partial charge is 0.254 e. The minimum Gasteiger partial charge on any atom is -0.361 e. The van der Waals surface area contributed by atoms with Crippen LogP contribution in [-0.4, -0.2) is 33.1 Å². The molecule has 27 heavy (non-hydrogen) atoms. The largest absolute Gasteiger partial charge is 0.361 e. The third kappa shape index (κ3) is 3.14. The molecule has 1 aliphatic carbocycles. The molecule has 0 amide bonds. The Labute approximate surface area is 160 Å². The van der Waals surface area contributed by atoms with Crippen LogP contribution in [0, 0.1) is 13.8 Å². The maximum Gasteiger partial charge on any atom is 0.254 e. The van der Waals surface area contributed by atoms with Gasteiger partial charge in [-0.1, -0.05) is 25.9 Å². The summed E-state index contributed by atoms with van der Waals surface area (Å²) in [7, 11) is 0. The number of hydrogen-bond donors (Lipinski definition) is 1. The number of nitrogens with zero attached hydrogens (tertiary/aromatic N) is 3. The molecule has 2 aromatic rings. The molecule has 1 aliphatic heterocycles. The molecule has 6 heteroatoms. The number of H-pyrrole nitrogens is 1. The van der Waals surface area contributed by atoms with Crippen molar-refractivity contribution in [3.63, 3.8) is 0 Å². The number of rotatable bonds is 2. The van der Waals surface area contributed by atoms with Crippen LogP contribution < -0.4 is 5.56 Å². The van der Waals surface area contributed by atoms with Gasteiger partial charge in [-0.3, -0.25) is 9.69 Å². The molecule has 0 aromatic carbocycles. The van der Waals surface area contributed by atoms with Gasteiger partial charge in [0.05, 0.1) is 11.4 Å². The number of aryl methyl sites for hydroxylation is 2. The molecule has 1 spiro atoms. The van der Waals surface area contributed by atoms with E-state index in [9.17, 15) is 4.79 Å². The Morgan fingerprint density at radius 3 is 2.48 bits per heavy atom. The molecule has 146 valence electrons. The van der Waals surface area contributed by atoms with E-state index in [1.165, 1.54) is 5.56 Å². The predicted molar refractivity (Wildman–Crippen MR) is 104 cm³/mol. The summed E-state index contributed by atoms with van der Waals surface area (Å²) in [6, 6.07) is 0. The van der Waals surface area contributed by atoms with Crippen molar-refractivity contribution in [2.24, 2.45) is 0 Å². The summed E-state index contributed by atoms with van der Waals surface area (Å²) in [5, 5.41) is 4.07. The minimum atomic E-state index is -0.151. The summed E-state index contributed by atoms with van der Waals surface area (Å²) in [5.74, 6) is 1.73. The first-order chi connectivity index (χ1) is 12.7. The van der Waals surface area contributed by atoms with Crippen LogP contribution in [0.5, 0.6) is 0 Å². The van der Waals surface area contributed by atoms with Crippen LogP contribution in [0.1, 0.15) is 74.1 Å². The second kappa shape index (κ2) is 6.30. The Kier molecular flexibility index (Phi) is 4.29. The lowest BCUT2D eigenvalue weighted by Gasteiger charge is -2.39. The van der Waals surface area contributed by atoms with Gasteiger partial charge in [0, 0.05) is 28.5 Å². The van der Waals surface area contributed by atoms with E-state index in [-0.39, 0.29) is 16.4 Å². The number of nitrogens with one attached hydrogen (secondary N) is 1. The number of piperidine rings is 1. The van der Waals surface area contributed by atoms with Gasteiger partial charge in [0.15, 0.2) is 0 Å². The zero-order valence-corrected chi connectivity index (χ0v) is 17.1. The number of likely N-dealkylation sites (tertiary alicyclic amines) is 1. The van der Waals surface area contributed by atoms with Crippen molar-refractivity contribution in [2.75, 3.05) is 13.1 Å². The maximum atomic E-state index is 12.6. The van der Waals surface area contributed by atoms with Crippen molar-refractivity contribution < 1.29 is 4.52 Å². The van der Waals surface area contributed by atoms with E-state index in [1.807, 2.05) is 13.8 Å². The molecule has 0 saturated carbocycles. The van der Waals surface area contributed by atoms with Crippen molar-refractivity contribution in [3.05, 3.63) is 44.5 Å². The summed E-state index contributed by atoms with van der Waals surface area (Å²) in [6.07, 6.45) is 4.02. The molecule has 0 bridgehead atoms. The van der Waals surface area contributed by atoms with Gasteiger partial charge in [-0.15, -0.1) is 0 Å². The van der Waals surface area contributed by atoms with Crippen LogP contribution in [0.4, 0.5) is 0 Å². The third-order valence-electron chi connectivity index (χ3n) is 6.46. The molecule has 1 fully saturated rings. The zero-order valence-electron chi connectivity index (χ0n) is 17.1. The van der Waals surface area contributed by atoms with E-state index in [0.717, 1.165) is 73.9 Å². The van der Waals surface area contributed by atoms with E-state index in [1.54, 1.807) is 0 Å². The van der Waals surface area contributed by atoms with Gasteiger partial charge in [-0.2, -0.15) is 0 Å². The summed E-state index contributed by atoms with van der Waals surface area (Å²) in [4.78, 5) is 23.1. The van der Waals surface area contributed by atoms with Crippen molar-refractivity contribution in [3.8, 4) is 0 Å². The molecule has 3 heterocycles. The Morgan fingerprint density at radius 2 is 1.89 bits per heavy atom. The van der Waals surface area contributed by atoms with Crippen molar-refractivity contribution in [1.29, 1.82) is 0 Å². The molecule has 0 radical (unpaired) electrons. The Bertz CT molecular complexity index is 892. The first-order valence-corrected chi connectivity index (χ1v) is 9.98. The van der Waals surface area contributed by atoms with Gasteiger partial charge >= 0.3 is 0 Å². The average Bonchev–Trinajstić information content (AvgIpc) is 3.12. The average molecular weight is 370 g/mol. The van der Waals surface area contributed by atoms with Gasteiger partial charge in [-0.05, 0) is 52.6 Å². The summed E-state index contributed by atoms with van der Waals surface area (Å²) in [6.45, 7) is 13.2. The minimum absolute atomic E-state index is 0.0683. The Balaban J connectivity index is 1.57. The Hall–Kier alpha value is -1.95.